The predicted octanol–water partition coefficient (Wildman–Crippen LogP) is 3.88. The molecule has 0 bridgehead atoms. The van der Waals surface area contributed by atoms with Gasteiger partial charge in [-0.15, -0.1) is 11.3 Å². The molecule has 0 unspecified atom stereocenters. The second-order valence-electron chi connectivity index (χ2n) is 7.14. The molecule has 0 saturated heterocycles. The molecule has 9 heteroatoms. The van der Waals surface area contributed by atoms with E-state index < -0.39 is 17.5 Å². The molecule has 0 aliphatic rings. The summed E-state index contributed by atoms with van der Waals surface area (Å²) in [5, 5.41) is 4.29. The maximum absolute atomic E-state index is 13.4. The van der Waals surface area contributed by atoms with Gasteiger partial charge in [-0.1, -0.05) is 30.3 Å². The molecule has 2 aromatic carbocycles. The zero-order valence-electron chi connectivity index (χ0n) is 17.1. The van der Waals surface area contributed by atoms with Crippen molar-refractivity contribution in [3.8, 4) is 0 Å². The predicted molar refractivity (Wildman–Crippen MR) is 116 cm³/mol. The topological polar surface area (TPSA) is 65.5 Å². The highest BCUT2D eigenvalue weighted by atomic mass is 32.1. The van der Waals surface area contributed by atoms with Gasteiger partial charge in [0.2, 0.25) is 0 Å². The van der Waals surface area contributed by atoms with Crippen LogP contribution in [0.3, 0.4) is 0 Å². The minimum atomic E-state index is -1.11. The van der Waals surface area contributed by atoms with Gasteiger partial charge in [0.25, 0.3) is 11.8 Å². The molecule has 1 N–H and O–H groups in total. The fraction of sp³-hybridized carbons (Fsp3) is 0.227. The smallest absolute Gasteiger partial charge is 0.273 e. The van der Waals surface area contributed by atoms with Gasteiger partial charge >= 0.3 is 0 Å². The number of nitrogens with zero attached hydrogens (tertiary/aromatic N) is 3. The summed E-state index contributed by atoms with van der Waals surface area (Å²) in [6.07, 6.45) is 0. The van der Waals surface area contributed by atoms with Gasteiger partial charge < -0.3 is 9.80 Å². The monoisotopic (exact) mass is 444 g/mol. The first-order chi connectivity index (χ1) is 14.8. The van der Waals surface area contributed by atoms with Crippen LogP contribution in [-0.2, 0) is 6.54 Å². The molecule has 0 aliphatic carbocycles. The van der Waals surface area contributed by atoms with Crippen LogP contribution in [0.4, 0.5) is 13.9 Å². The minimum absolute atomic E-state index is 0.0429. The Morgan fingerprint density at radius 2 is 1.77 bits per heavy atom. The number of thiazole rings is 1. The van der Waals surface area contributed by atoms with E-state index in [1.807, 2.05) is 49.3 Å². The van der Waals surface area contributed by atoms with Crippen LogP contribution >= 0.6 is 11.3 Å². The highest BCUT2D eigenvalue weighted by molar-refractivity contribution is 7.14. The average Bonchev–Trinajstić information content (AvgIpc) is 3.21. The van der Waals surface area contributed by atoms with Gasteiger partial charge in [0.05, 0.1) is 0 Å². The Kier molecular flexibility index (Phi) is 7.43. The van der Waals surface area contributed by atoms with Gasteiger partial charge in [-0.2, -0.15) is 0 Å². The van der Waals surface area contributed by atoms with E-state index in [1.54, 1.807) is 10.3 Å². The Bertz CT molecular complexity index is 1060. The lowest BCUT2D eigenvalue weighted by Gasteiger charge is -2.24. The van der Waals surface area contributed by atoms with Crippen LogP contribution in [0, 0.1) is 11.6 Å². The summed E-state index contributed by atoms with van der Waals surface area (Å²) in [7, 11) is 3.86. The van der Waals surface area contributed by atoms with Crippen molar-refractivity contribution in [3.63, 3.8) is 0 Å². The minimum Gasteiger partial charge on any atom is -0.332 e. The van der Waals surface area contributed by atoms with E-state index in [9.17, 15) is 18.4 Å². The van der Waals surface area contributed by atoms with E-state index in [4.69, 9.17) is 0 Å². The van der Waals surface area contributed by atoms with E-state index in [0.29, 0.717) is 19.6 Å². The summed E-state index contributed by atoms with van der Waals surface area (Å²) in [5.74, 6) is -3.04. The molecule has 162 valence electrons. The Morgan fingerprint density at radius 3 is 2.45 bits per heavy atom. The molecular weight excluding hydrogens is 422 g/mol. The van der Waals surface area contributed by atoms with Crippen LogP contribution in [0.2, 0.25) is 0 Å². The fourth-order valence-corrected chi connectivity index (χ4v) is 3.45. The summed E-state index contributed by atoms with van der Waals surface area (Å²) in [6, 6.07) is 12.5. The molecule has 0 spiro atoms. The van der Waals surface area contributed by atoms with Crippen LogP contribution in [0.1, 0.15) is 26.4 Å². The van der Waals surface area contributed by atoms with Gasteiger partial charge in [-0.25, -0.2) is 13.8 Å². The third-order valence-corrected chi connectivity index (χ3v) is 5.20. The van der Waals surface area contributed by atoms with Crippen molar-refractivity contribution >= 4 is 28.3 Å². The third kappa shape index (κ3) is 6.16. The zero-order chi connectivity index (χ0) is 22.4. The Balaban J connectivity index is 1.72. The molecule has 3 rings (SSSR count). The molecule has 0 fully saturated rings. The number of hydrogen-bond donors (Lipinski definition) is 1. The summed E-state index contributed by atoms with van der Waals surface area (Å²) in [5.41, 5.74) is 1.16. The number of aromatic nitrogens is 1. The van der Waals surface area contributed by atoms with Gasteiger partial charge in [-0.05, 0) is 37.9 Å². The Labute approximate surface area is 183 Å². The third-order valence-electron chi connectivity index (χ3n) is 4.45. The normalized spacial score (nSPS) is 10.9. The van der Waals surface area contributed by atoms with Gasteiger partial charge in [-0.3, -0.25) is 14.9 Å². The lowest BCUT2D eigenvalue weighted by atomic mass is 10.2. The number of carbonyl (C=O) groups excluding carboxylic acids is 2. The molecule has 1 heterocycles. The molecule has 0 aliphatic heterocycles. The van der Waals surface area contributed by atoms with E-state index >= 15 is 0 Å². The fourth-order valence-electron chi connectivity index (χ4n) is 2.77. The largest absolute Gasteiger partial charge is 0.332 e. The molecule has 3 aromatic rings. The number of halogens is 2. The molecule has 1 aromatic heterocycles. The summed E-state index contributed by atoms with van der Waals surface area (Å²) in [4.78, 5) is 33.2. The first kappa shape index (κ1) is 22.5. The molecule has 31 heavy (non-hydrogen) atoms. The van der Waals surface area contributed by atoms with E-state index in [1.165, 1.54) is 6.07 Å². The van der Waals surface area contributed by atoms with E-state index in [-0.39, 0.29) is 22.3 Å². The lowest BCUT2D eigenvalue weighted by molar-refractivity contribution is 0.0726. The molecule has 0 atom stereocenters. The molecule has 0 saturated carbocycles. The molecular formula is C22H22F2N4O2S. The molecule has 2 amide bonds. The lowest BCUT2D eigenvalue weighted by Crippen LogP contribution is -2.36. The number of likely N-dealkylation sites (N-methyl/N-ethyl adjacent to an activating group) is 1. The SMILES string of the molecule is CN(C)CCN(Cc1ccccc1)C(=O)c1csc(NC(=O)c2ccc(F)c(F)c2)n1. The number of carbonyl (C=O) groups is 2. The van der Waals surface area contributed by atoms with Crippen LogP contribution in [-0.4, -0.2) is 53.8 Å². The first-order valence-corrected chi connectivity index (χ1v) is 10.4. The first-order valence-electron chi connectivity index (χ1n) is 9.53. The van der Waals surface area contributed by atoms with Crippen molar-refractivity contribution < 1.29 is 18.4 Å². The van der Waals surface area contributed by atoms with Crippen molar-refractivity contribution in [3.05, 3.63) is 82.4 Å². The molecule has 0 radical (unpaired) electrons. The average molecular weight is 445 g/mol. The standard InChI is InChI=1S/C22H22F2N4O2S/c1-27(2)10-11-28(13-15-6-4-3-5-7-15)21(30)19-14-31-22(25-19)26-20(29)16-8-9-17(23)18(24)12-16/h3-9,12,14H,10-11,13H2,1-2H3,(H,25,26,29). The number of amides is 2. The number of hydrogen-bond acceptors (Lipinski definition) is 5. The van der Waals surface area contributed by atoms with Crippen molar-refractivity contribution in [2.45, 2.75) is 6.54 Å². The van der Waals surface area contributed by atoms with Crippen molar-refractivity contribution in [2.24, 2.45) is 0 Å². The van der Waals surface area contributed by atoms with Crippen LogP contribution in [0.25, 0.3) is 0 Å². The number of rotatable bonds is 8. The van der Waals surface area contributed by atoms with Crippen molar-refractivity contribution in [2.75, 3.05) is 32.5 Å². The second kappa shape index (κ2) is 10.2. The van der Waals surface area contributed by atoms with Gasteiger partial charge in [0.1, 0.15) is 5.69 Å². The van der Waals surface area contributed by atoms with Crippen molar-refractivity contribution in [1.82, 2.24) is 14.8 Å². The maximum Gasteiger partial charge on any atom is 0.273 e. The maximum atomic E-state index is 13.4. The molecule has 6 nitrogen and oxygen atoms in total. The highest BCUT2D eigenvalue weighted by Crippen LogP contribution is 2.19. The Hall–Kier alpha value is -3.17. The van der Waals surface area contributed by atoms with Crippen LogP contribution in [0.15, 0.2) is 53.9 Å². The summed E-state index contributed by atoms with van der Waals surface area (Å²) < 4.78 is 26.4. The Morgan fingerprint density at radius 1 is 1.03 bits per heavy atom. The van der Waals surface area contributed by atoms with E-state index in [2.05, 4.69) is 10.3 Å². The van der Waals surface area contributed by atoms with Crippen LogP contribution < -0.4 is 5.32 Å². The van der Waals surface area contributed by atoms with E-state index in [0.717, 1.165) is 29.0 Å². The number of benzene rings is 2. The quantitative estimate of drug-likeness (QED) is 0.573. The summed E-state index contributed by atoms with van der Waals surface area (Å²) >= 11 is 1.09. The number of anilines is 1. The van der Waals surface area contributed by atoms with Gasteiger partial charge in [0, 0.05) is 30.6 Å². The highest BCUT2D eigenvalue weighted by Gasteiger charge is 2.20. The van der Waals surface area contributed by atoms with Crippen molar-refractivity contribution in [1.29, 1.82) is 0 Å². The number of nitrogens with one attached hydrogen (secondary N) is 1. The zero-order valence-corrected chi connectivity index (χ0v) is 18.0. The second-order valence-corrected chi connectivity index (χ2v) is 7.99. The summed E-state index contributed by atoms with van der Waals surface area (Å²) in [6.45, 7) is 1.62. The van der Waals surface area contributed by atoms with Gasteiger partial charge in [0.15, 0.2) is 16.8 Å². The van der Waals surface area contributed by atoms with Crippen LogP contribution in [0.5, 0.6) is 0 Å².